The predicted molar refractivity (Wildman–Crippen MR) is 119 cm³/mol. The Morgan fingerprint density at radius 2 is 1.70 bits per heavy atom. The normalized spacial score (nSPS) is 10.8. The lowest BCUT2D eigenvalue weighted by Gasteiger charge is -2.10. The van der Waals surface area contributed by atoms with Gasteiger partial charge in [0, 0.05) is 31.0 Å². The second-order valence-corrected chi connectivity index (χ2v) is 7.78. The van der Waals surface area contributed by atoms with Gasteiger partial charge in [-0.15, -0.1) is 0 Å². The zero-order valence-corrected chi connectivity index (χ0v) is 17.7. The van der Waals surface area contributed by atoms with Gasteiger partial charge in [-0.3, -0.25) is 9.59 Å². The van der Waals surface area contributed by atoms with Crippen LogP contribution >= 0.6 is 0 Å². The van der Waals surface area contributed by atoms with Crippen LogP contribution in [0.3, 0.4) is 0 Å². The van der Waals surface area contributed by atoms with Gasteiger partial charge in [-0.2, -0.15) is 5.10 Å². The maximum atomic E-state index is 12.5. The molecule has 0 fully saturated rings. The van der Waals surface area contributed by atoms with Crippen LogP contribution < -0.4 is 10.6 Å². The molecule has 2 aromatic carbocycles. The highest BCUT2D eigenvalue weighted by Gasteiger charge is 2.15. The topological polar surface area (TPSA) is 76.0 Å². The van der Waals surface area contributed by atoms with Crippen molar-refractivity contribution in [2.45, 2.75) is 33.6 Å². The molecule has 156 valence electrons. The van der Waals surface area contributed by atoms with Gasteiger partial charge in [-0.1, -0.05) is 56.3 Å². The first-order valence-corrected chi connectivity index (χ1v) is 10.2. The number of aromatic nitrogens is 2. The van der Waals surface area contributed by atoms with Gasteiger partial charge in [0.1, 0.15) is 5.82 Å². The number of nitrogens with zero attached hydrogens (tertiary/aromatic N) is 2. The Hall–Kier alpha value is -3.41. The molecule has 0 aliphatic heterocycles. The highest BCUT2D eigenvalue weighted by atomic mass is 16.2. The Balaban J connectivity index is 1.78. The van der Waals surface area contributed by atoms with Crippen LogP contribution in [0.4, 0.5) is 5.82 Å². The summed E-state index contributed by atoms with van der Waals surface area (Å²) in [5.41, 5.74) is 3.69. The van der Waals surface area contributed by atoms with Crippen molar-refractivity contribution in [1.29, 1.82) is 0 Å². The number of carbonyl (C=O) groups is 2. The van der Waals surface area contributed by atoms with E-state index in [1.807, 2.05) is 81.4 Å². The number of carbonyl (C=O) groups excluding carboxylic acids is 2. The van der Waals surface area contributed by atoms with Crippen molar-refractivity contribution in [1.82, 2.24) is 15.1 Å². The quantitative estimate of drug-likeness (QED) is 0.586. The Bertz CT molecular complexity index is 1010. The molecule has 0 saturated heterocycles. The standard InChI is InChI=1S/C24H28N4O2/c1-17(2)16-25-23(29)12-13-24(30)26-22-15-21(19-9-5-4-6-10-19)27-28(22)20-11-7-8-18(3)14-20/h4-11,14-15,17H,12-13,16H2,1-3H3,(H,25,29)(H,26,30). The lowest BCUT2D eigenvalue weighted by molar-refractivity contribution is -0.124. The van der Waals surface area contributed by atoms with Crippen molar-refractivity contribution in [2.75, 3.05) is 11.9 Å². The molecular formula is C24H28N4O2. The van der Waals surface area contributed by atoms with E-state index >= 15 is 0 Å². The number of rotatable bonds is 8. The van der Waals surface area contributed by atoms with Crippen LogP contribution in [0, 0.1) is 12.8 Å². The minimum atomic E-state index is -0.219. The van der Waals surface area contributed by atoms with Gasteiger partial charge in [-0.25, -0.2) is 4.68 Å². The zero-order valence-electron chi connectivity index (χ0n) is 17.7. The summed E-state index contributed by atoms with van der Waals surface area (Å²) in [6.07, 6.45) is 0.270. The van der Waals surface area contributed by atoms with E-state index in [0.29, 0.717) is 18.3 Å². The van der Waals surface area contributed by atoms with Crippen molar-refractivity contribution in [2.24, 2.45) is 5.92 Å². The van der Waals surface area contributed by atoms with Crippen LogP contribution in [0.5, 0.6) is 0 Å². The highest BCUT2D eigenvalue weighted by Crippen LogP contribution is 2.25. The number of aryl methyl sites for hydroxylation is 1. The smallest absolute Gasteiger partial charge is 0.226 e. The minimum Gasteiger partial charge on any atom is -0.356 e. The van der Waals surface area contributed by atoms with E-state index < -0.39 is 0 Å². The van der Waals surface area contributed by atoms with Crippen LogP contribution in [0.1, 0.15) is 32.3 Å². The van der Waals surface area contributed by atoms with Gasteiger partial charge in [0.25, 0.3) is 0 Å². The van der Waals surface area contributed by atoms with Gasteiger partial charge in [0.05, 0.1) is 11.4 Å². The predicted octanol–water partition coefficient (Wildman–Crippen LogP) is 4.34. The van der Waals surface area contributed by atoms with Crippen LogP contribution in [0.2, 0.25) is 0 Å². The number of nitrogens with one attached hydrogen (secondary N) is 2. The molecule has 0 bridgehead atoms. The van der Waals surface area contributed by atoms with Crippen LogP contribution in [-0.2, 0) is 9.59 Å². The molecule has 1 aromatic heterocycles. The zero-order chi connectivity index (χ0) is 21.5. The van der Waals surface area contributed by atoms with E-state index in [0.717, 1.165) is 22.5 Å². The van der Waals surface area contributed by atoms with Gasteiger partial charge in [0.15, 0.2) is 0 Å². The van der Waals surface area contributed by atoms with E-state index in [2.05, 4.69) is 10.6 Å². The summed E-state index contributed by atoms with van der Waals surface area (Å²) in [5, 5.41) is 10.5. The molecule has 2 N–H and O–H groups in total. The Morgan fingerprint density at radius 1 is 0.967 bits per heavy atom. The molecule has 0 radical (unpaired) electrons. The number of hydrogen-bond acceptors (Lipinski definition) is 3. The molecule has 3 aromatic rings. The summed E-state index contributed by atoms with van der Waals surface area (Å²) in [4.78, 5) is 24.4. The fourth-order valence-electron chi connectivity index (χ4n) is 3.02. The SMILES string of the molecule is Cc1cccc(-n2nc(-c3ccccc3)cc2NC(=O)CCC(=O)NCC(C)C)c1. The lowest BCUT2D eigenvalue weighted by atomic mass is 10.1. The molecule has 0 atom stereocenters. The summed E-state index contributed by atoms with van der Waals surface area (Å²) in [6, 6.07) is 19.6. The molecule has 3 rings (SSSR count). The number of hydrogen-bond donors (Lipinski definition) is 2. The van der Waals surface area contributed by atoms with Crippen LogP contribution in [-0.4, -0.2) is 28.1 Å². The fraction of sp³-hybridized carbons (Fsp3) is 0.292. The Labute approximate surface area is 177 Å². The van der Waals surface area contributed by atoms with E-state index in [-0.39, 0.29) is 24.7 Å². The first-order chi connectivity index (χ1) is 14.4. The second kappa shape index (κ2) is 9.87. The molecule has 0 saturated carbocycles. The highest BCUT2D eigenvalue weighted by molar-refractivity contribution is 5.93. The minimum absolute atomic E-state index is 0.115. The van der Waals surface area contributed by atoms with E-state index in [9.17, 15) is 9.59 Å². The molecule has 2 amide bonds. The lowest BCUT2D eigenvalue weighted by Crippen LogP contribution is -2.28. The molecule has 1 heterocycles. The van der Waals surface area contributed by atoms with E-state index in [1.54, 1.807) is 4.68 Å². The van der Waals surface area contributed by atoms with Crippen LogP contribution in [0.15, 0.2) is 60.7 Å². The van der Waals surface area contributed by atoms with Crippen molar-refractivity contribution in [3.63, 3.8) is 0 Å². The first kappa shape index (κ1) is 21.3. The third-order valence-corrected chi connectivity index (χ3v) is 4.58. The fourth-order valence-corrected chi connectivity index (χ4v) is 3.02. The molecule has 30 heavy (non-hydrogen) atoms. The van der Waals surface area contributed by atoms with Crippen molar-refractivity contribution < 1.29 is 9.59 Å². The average Bonchev–Trinajstić information content (AvgIpc) is 3.15. The summed E-state index contributed by atoms with van der Waals surface area (Å²) in [6.45, 7) is 6.69. The third kappa shape index (κ3) is 5.80. The van der Waals surface area contributed by atoms with Gasteiger partial charge in [0.2, 0.25) is 11.8 Å². The van der Waals surface area contributed by atoms with Crippen molar-refractivity contribution in [3.8, 4) is 16.9 Å². The van der Waals surface area contributed by atoms with Gasteiger partial charge >= 0.3 is 0 Å². The molecule has 0 unspecified atom stereocenters. The summed E-state index contributed by atoms with van der Waals surface area (Å²) < 4.78 is 1.73. The van der Waals surface area contributed by atoms with E-state index in [1.165, 1.54) is 0 Å². The van der Waals surface area contributed by atoms with E-state index in [4.69, 9.17) is 5.10 Å². The van der Waals surface area contributed by atoms with Gasteiger partial charge in [-0.05, 0) is 30.5 Å². The Morgan fingerprint density at radius 3 is 2.40 bits per heavy atom. The molecule has 0 spiro atoms. The maximum absolute atomic E-state index is 12.5. The Kier molecular flexibility index (Phi) is 7.01. The molecule has 0 aliphatic carbocycles. The molecule has 6 nitrogen and oxygen atoms in total. The van der Waals surface area contributed by atoms with Crippen molar-refractivity contribution >= 4 is 17.6 Å². The maximum Gasteiger partial charge on any atom is 0.226 e. The number of amides is 2. The molecular weight excluding hydrogens is 376 g/mol. The monoisotopic (exact) mass is 404 g/mol. The number of anilines is 1. The average molecular weight is 405 g/mol. The first-order valence-electron chi connectivity index (χ1n) is 10.2. The molecule has 6 heteroatoms. The van der Waals surface area contributed by atoms with Crippen molar-refractivity contribution in [3.05, 3.63) is 66.2 Å². The molecule has 0 aliphatic rings. The van der Waals surface area contributed by atoms with Gasteiger partial charge < -0.3 is 10.6 Å². The second-order valence-electron chi connectivity index (χ2n) is 7.78. The largest absolute Gasteiger partial charge is 0.356 e. The number of benzene rings is 2. The summed E-state index contributed by atoms with van der Waals surface area (Å²) in [7, 11) is 0. The summed E-state index contributed by atoms with van der Waals surface area (Å²) in [5.74, 6) is 0.619. The summed E-state index contributed by atoms with van der Waals surface area (Å²) >= 11 is 0. The third-order valence-electron chi connectivity index (χ3n) is 4.58. The van der Waals surface area contributed by atoms with Crippen LogP contribution in [0.25, 0.3) is 16.9 Å².